The normalized spacial score (nSPS) is 15.0. The predicted octanol–water partition coefficient (Wildman–Crippen LogP) is 3.49. The second-order valence-electron chi connectivity index (χ2n) is 4.28. The summed E-state index contributed by atoms with van der Waals surface area (Å²) < 4.78 is 5.39. The maximum Gasteiger partial charge on any atom is 0.208 e. The van der Waals surface area contributed by atoms with Crippen LogP contribution in [0.25, 0.3) is 6.08 Å². The first-order chi connectivity index (χ1) is 9.01. The lowest BCUT2D eigenvalue weighted by Crippen LogP contribution is -2.31. The Morgan fingerprint density at radius 1 is 1.26 bits per heavy atom. The van der Waals surface area contributed by atoms with Crippen molar-refractivity contribution in [3.05, 3.63) is 64.5 Å². The molecule has 0 amide bonds. The van der Waals surface area contributed by atoms with E-state index in [4.69, 9.17) is 4.42 Å². The molecular weight excluding hydrogens is 308 g/mol. The number of Topliss-reactive ketones (excluding diaryl/α,β-unsaturated/α-hetero) is 1. The van der Waals surface area contributed by atoms with E-state index < -0.39 is 11.4 Å². The van der Waals surface area contributed by atoms with Crippen molar-refractivity contribution >= 4 is 27.8 Å². The highest BCUT2D eigenvalue weighted by atomic mass is 79.9. The maximum absolute atomic E-state index is 12.2. The molecule has 1 aromatic heterocycles. The summed E-state index contributed by atoms with van der Waals surface area (Å²) in [6.07, 6.45) is 3.09. The number of hydrogen-bond acceptors (Lipinski definition) is 3. The fraction of sp³-hybridized carbons (Fsp3) is 0.133. The van der Waals surface area contributed by atoms with Crippen molar-refractivity contribution in [2.75, 3.05) is 0 Å². The number of rotatable bonds is 4. The molecule has 0 unspecified atom stereocenters. The van der Waals surface area contributed by atoms with Crippen LogP contribution in [0.15, 0.2) is 57.6 Å². The predicted molar refractivity (Wildman–Crippen MR) is 76.6 cm³/mol. The SMILES string of the molecule is C[C@@](O)(C(=O)/C(Br)=C/c1ccccc1)c1ccco1. The molecule has 0 bridgehead atoms. The van der Waals surface area contributed by atoms with E-state index in [-0.39, 0.29) is 5.76 Å². The van der Waals surface area contributed by atoms with Crippen molar-refractivity contribution in [1.82, 2.24) is 0 Å². The smallest absolute Gasteiger partial charge is 0.208 e. The molecule has 3 nitrogen and oxygen atoms in total. The van der Waals surface area contributed by atoms with Gasteiger partial charge in [0.05, 0.1) is 10.7 Å². The van der Waals surface area contributed by atoms with Gasteiger partial charge in [0.2, 0.25) is 5.78 Å². The van der Waals surface area contributed by atoms with E-state index in [0.29, 0.717) is 4.48 Å². The molecular formula is C15H13BrO3. The third kappa shape index (κ3) is 3.03. The van der Waals surface area contributed by atoms with Crippen molar-refractivity contribution < 1.29 is 14.3 Å². The van der Waals surface area contributed by atoms with Gasteiger partial charge in [0, 0.05) is 0 Å². The Morgan fingerprint density at radius 2 is 1.95 bits per heavy atom. The molecule has 0 radical (unpaired) electrons. The molecule has 0 spiro atoms. The van der Waals surface area contributed by atoms with Crippen LogP contribution in [0.4, 0.5) is 0 Å². The molecule has 2 aromatic rings. The minimum atomic E-state index is -1.69. The lowest BCUT2D eigenvalue weighted by molar-refractivity contribution is -0.133. The molecule has 1 N–H and O–H groups in total. The number of carbonyl (C=O) groups excluding carboxylic acids is 1. The summed E-state index contributed by atoms with van der Waals surface area (Å²) in [6.45, 7) is 1.41. The highest BCUT2D eigenvalue weighted by Gasteiger charge is 2.36. The molecule has 2 rings (SSSR count). The van der Waals surface area contributed by atoms with Crippen molar-refractivity contribution in [3.63, 3.8) is 0 Å². The minimum absolute atomic E-state index is 0.218. The Balaban J connectivity index is 2.27. The van der Waals surface area contributed by atoms with Gasteiger partial charge in [-0.15, -0.1) is 0 Å². The van der Waals surface area contributed by atoms with E-state index >= 15 is 0 Å². The van der Waals surface area contributed by atoms with Gasteiger partial charge >= 0.3 is 0 Å². The summed E-state index contributed by atoms with van der Waals surface area (Å²) >= 11 is 3.21. The van der Waals surface area contributed by atoms with Gasteiger partial charge in [0.1, 0.15) is 5.76 Å². The van der Waals surface area contributed by atoms with E-state index in [9.17, 15) is 9.90 Å². The Kier molecular flexibility index (Phi) is 4.02. The first-order valence-corrected chi connectivity index (χ1v) is 6.54. The van der Waals surface area contributed by atoms with Crippen molar-refractivity contribution in [1.29, 1.82) is 0 Å². The number of halogens is 1. The van der Waals surface area contributed by atoms with E-state index in [1.807, 2.05) is 30.3 Å². The molecule has 0 saturated heterocycles. The van der Waals surface area contributed by atoms with Gasteiger partial charge in [-0.2, -0.15) is 0 Å². The molecule has 0 aliphatic carbocycles. The van der Waals surface area contributed by atoms with Crippen molar-refractivity contribution in [2.45, 2.75) is 12.5 Å². The van der Waals surface area contributed by atoms with E-state index in [1.54, 1.807) is 18.2 Å². The number of carbonyl (C=O) groups is 1. The molecule has 1 aromatic carbocycles. The quantitative estimate of drug-likeness (QED) is 0.877. The van der Waals surface area contributed by atoms with Crippen LogP contribution in [0.1, 0.15) is 18.2 Å². The number of hydrogen-bond donors (Lipinski definition) is 1. The van der Waals surface area contributed by atoms with Gasteiger partial charge in [-0.05, 0) is 46.6 Å². The van der Waals surface area contributed by atoms with Gasteiger partial charge in [-0.25, -0.2) is 0 Å². The Hall–Kier alpha value is -1.65. The Labute approximate surface area is 119 Å². The lowest BCUT2D eigenvalue weighted by atomic mass is 9.97. The highest BCUT2D eigenvalue weighted by Crippen LogP contribution is 2.28. The van der Waals surface area contributed by atoms with Crippen molar-refractivity contribution in [2.24, 2.45) is 0 Å². The zero-order chi connectivity index (χ0) is 13.9. The van der Waals surface area contributed by atoms with E-state index in [2.05, 4.69) is 15.9 Å². The molecule has 4 heteroatoms. The van der Waals surface area contributed by atoms with Crippen LogP contribution in [0.3, 0.4) is 0 Å². The average molecular weight is 321 g/mol. The largest absolute Gasteiger partial charge is 0.466 e. The summed E-state index contributed by atoms with van der Waals surface area (Å²) in [5.41, 5.74) is -0.814. The van der Waals surface area contributed by atoms with Crippen LogP contribution < -0.4 is 0 Å². The minimum Gasteiger partial charge on any atom is -0.466 e. The molecule has 1 heterocycles. The number of aliphatic hydroxyl groups is 1. The van der Waals surface area contributed by atoms with Crippen LogP contribution in [0.2, 0.25) is 0 Å². The zero-order valence-corrected chi connectivity index (χ0v) is 11.9. The molecule has 0 aliphatic rings. The van der Waals surface area contributed by atoms with Crippen LogP contribution in [-0.4, -0.2) is 10.9 Å². The summed E-state index contributed by atoms with van der Waals surface area (Å²) in [5.74, 6) is -0.234. The molecule has 0 aliphatic heterocycles. The van der Waals surface area contributed by atoms with Gasteiger partial charge in [0.25, 0.3) is 0 Å². The van der Waals surface area contributed by atoms with Crippen LogP contribution >= 0.6 is 15.9 Å². The highest BCUT2D eigenvalue weighted by molar-refractivity contribution is 9.12. The maximum atomic E-state index is 12.2. The average Bonchev–Trinajstić information content (AvgIpc) is 2.93. The molecule has 1 atom stereocenters. The summed E-state index contributed by atoms with van der Waals surface area (Å²) in [7, 11) is 0. The third-order valence-electron chi connectivity index (χ3n) is 2.75. The van der Waals surface area contributed by atoms with Gasteiger partial charge in [0.15, 0.2) is 5.60 Å². The van der Waals surface area contributed by atoms with Crippen LogP contribution in [-0.2, 0) is 10.4 Å². The Morgan fingerprint density at radius 3 is 2.53 bits per heavy atom. The summed E-state index contributed by atoms with van der Waals surface area (Å²) in [5, 5.41) is 10.3. The monoisotopic (exact) mass is 320 g/mol. The van der Waals surface area contributed by atoms with E-state index in [1.165, 1.54) is 13.2 Å². The first kappa shape index (κ1) is 13.8. The topological polar surface area (TPSA) is 50.4 Å². The van der Waals surface area contributed by atoms with E-state index in [0.717, 1.165) is 5.56 Å². The summed E-state index contributed by atoms with van der Waals surface area (Å²) in [4.78, 5) is 12.2. The van der Waals surface area contributed by atoms with Gasteiger partial charge in [-0.3, -0.25) is 4.79 Å². The van der Waals surface area contributed by atoms with Crippen LogP contribution in [0.5, 0.6) is 0 Å². The molecule has 0 fully saturated rings. The summed E-state index contributed by atoms with van der Waals surface area (Å²) in [6, 6.07) is 12.6. The second kappa shape index (κ2) is 5.55. The third-order valence-corrected chi connectivity index (χ3v) is 3.34. The first-order valence-electron chi connectivity index (χ1n) is 5.75. The van der Waals surface area contributed by atoms with Gasteiger partial charge < -0.3 is 9.52 Å². The molecule has 19 heavy (non-hydrogen) atoms. The standard InChI is InChI=1S/C15H13BrO3/c1-15(18,13-8-5-9-19-13)14(17)12(16)10-11-6-3-2-4-7-11/h2-10,18H,1H3/b12-10-/t15-/m0/s1. The number of furan rings is 1. The number of benzene rings is 1. The van der Waals surface area contributed by atoms with Crippen LogP contribution in [0, 0.1) is 0 Å². The fourth-order valence-electron chi connectivity index (χ4n) is 1.66. The van der Waals surface area contributed by atoms with Gasteiger partial charge in [-0.1, -0.05) is 30.3 Å². The van der Waals surface area contributed by atoms with Crippen molar-refractivity contribution in [3.8, 4) is 0 Å². The molecule has 98 valence electrons. The zero-order valence-electron chi connectivity index (χ0n) is 10.3. The Bertz CT molecular complexity index is 583. The second-order valence-corrected chi connectivity index (χ2v) is 5.14. The fourth-order valence-corrected chi connectivity index (χ4v) is 2.31. The number of ketones is 1. The molecule has 0 saturated carbocycles. The lowest BCUT2D eigenvalue weighted by Gasteiger charge is -2.18.